The van der Waals surface area contributed by atoms with Crippen LogP contribution >= 0.6 is 0 Å². The van der Waals surface area contributed by atoms with E-state index < -0.39 is 4.59 Å². The molecule has 4 heavy (non-hydrogen) atoms. The van der Waals surface area contributed by atoms with Gasteiger partial charge in [0.1, 0.15) is 0 Å². The van der Waals surface area contributed by atoms with Crippen LogP contribution in [0.15, 0.2) is 0 Å². The summed E-state index contributed by atoms with van der Waals surface area (Å²) in [5.41, 5.74) is 0. The van der Waals surface area contributed by atoms with Crippen LogP contribution < -0.4 is 0 Å². The van der Waals surface area contributed by atoms with Crippen molar-refractivity contribution < 1.29 is 4.59 Å². The second-order valence-corrected chi connectivity index (χ2v) is 0.622. The first-order valence-electron chi connectivity index (χ1n) is 0.589. The van der Waals surface area contributed by atoms with E-state index in [1.54, 1.807) is 0 Å². The summed E-state index contributed by atoms with van der Waals surface area (Å²) in [6.45, 7) is 0. The quantitative estimate of drug-likeness (QED) is 0.217. The van der Waals surface area contributed by atoms with Crippen LogP contribution in [0, 0.1) is 10.1 Å². The van der Waals surface area contributed by atoms with E-state index in [9.17, 15) is 0 Å². The van der Waals surface area contributed by atoms with E-state index in [0.717, 1.165) is 0 Å². The van der Waals surface area contributed by atoms with Gasteiger partial charge >= 0.3 is 0 Å². The molecular formula is NO2Si-. The molecule has 22 valence electrons. The largest absolute Gasteiger partial charge is 0.325 e. The van der Waals surface area contributed by atoms with Crippen LogP contribution in [0.3, 0.4) is 0 Å². The molecule has 0 N–H and O–H groups in total. The Morgan fingerprint density at radius 2 is 2.00 bits per heavy atom. The van der Waals surface area contributed by atoms with Crippen LogP contribution in [-0.2, 0) is 0 Å². The predicted octanol–water partition coefficient (Wildman–Crippen LogP) is -0.653. The number of rotatable bonds is 0. The standard InChI is InChI=1S/NO2Si/c2-1(3)4/q-1. The molecule has 0 amide bonds. The van der Waals surface area contributed by atoms with Gasteiger partial charge in [0.2, 0.25) is 0 Å². The minimum Gasteiger partial charge on any atom is -0.325 e. The highest BCUT2D eigenvalue weighted by Gasteiger charge is 1.35. The normalized spacial score (nSPS) is 6.00. The molecule has 0 aliphatic carbocycles. The van der Waals surface area contributed by atoms with Crippen LogP contribution in [0.25, 0.3) is 0 Å². The third-order valence-electron chi connectivity index (χ3n) is 0. The lowest BCUT2D eigenvalue weighted by Gasteiger charge is -1.82. The molecule has 0 aromatic carbocycles. The molecule has 0 aliphatic rings. The fourth-order valence-corrected chi connectivity index (χ4v) is 0. The van der Waals surface area contributed by atoms with Crippen LogP contribution in [0.2, 0.25) is 0 Å². The summed E-state index contributed by atoms with van der Waals surface area (Å²) in [7, 11) is 2.03. The van der Waals surface area contributed by atoms with Gasteiger partial charge in [0.05, 0.1) is 0 Å². The topological polar surface area (TPSA) is 43.1 Å². The summed E-state index contributed by atoms with van der Waals surface area (Å²) >= 11 is 0. The van der Waals surface area contributed by atoms with Crippen molar-refractivity contribution in [2.75, 3.05) is 0 Å². The fourth-order valence-electron chi connectivity index (χ4n) is 0. The Morgan fingerprint density at radius 3 is 2.00 bits per heavy atom. The summed E-state index contributed by atoms with van der Waals surface area (Å²) in [4.78, 5) is 8.72. The number of hydrogen-bond donors (Lipinski definition) is 0. The van der Waals surface area contributed by atoms with E-state index in [-0.39, 0.29) is 0 Å². The van der Waals surface area contributed by atoms with Crippen molar-refractivity contribution in [1.29, 1.82) is 0 Å². The van der Waals surface area contributed by atoms with Crippen LogP contribution in [0.1, 0.15) is 0 Å². The number of nitrogens with zero attached hydrogens (tertiary/aromatic N) is 1. The average Bonchev–Trinajstić information content (AvgIpc) is 0.811. The molecule has 0 aromatic rings. The SMILES string of the molecule is O=[N+]([O-])[Si-]. The Hall–Kier alpha value is -0.383. The minimum atomic E-state index is -0.694. The van der Waals surface area contributed by atoms with Gasteiger partial charge in [0.15, 0.2) is 0 Å². The maximum atomic E-state index is 8.72. The van der Waals surface area contributed by atoms with Crippen molar-refractivity contribution in [1.82, 2.24) is 0 Å². The van der Waals surface area contributed by atoms with E-state index in [1.165, 1.54) is 0 Å². The average molecular weight is 74.1 g/mol. The molecule has 4 heteroatoms. The Balaban J connectivity index is 2.80. The summed E-state index contributed by atoms with van der Waals surface area (Å²) in [6, 6.07) is 0. The van der Waals surface area contributed by atoms with Gasteiger partial charge in [-0.1, -0.05) is 0 Å². The Morgan fingerprint density at radius 1 is 2.00 bits per heavy atom. The number of hydrogen-bond acceptors (Lipinski definition) is 2. The summed E-state index contributed by atoms with van der Waals surface area (Å²) in [5, 5.41) is 8.72. The van der Waals surface area contributed by atoms with Gasteiger partial charge < -0.3 is 10.1 Å². The van der Waals surface area contributed by atoms with Crippen molar-refractivity contribution in [3.63, 3.8) is 0 Å². The molecule has 0 fully saturated rings. The first-order valence-corrected chi connectivity index (χ1v) is 1.04. The van der Waals surface area contributed by atoms with Crippen molar-refractivity contribution in [3.8, 4) is 0 Å². The highest BCUT2D eigenvalue weighted by atomic mass is 28.2. The zero-order chi connectivity index (χ0) is 3.58. The van der Waals surface area contributed by atoms with E-state index in [0.29, 0.717) is 0 Å². The first kappa shape index (κ1) is 3.62. The third kappa shape index (κ3) is 4.19. The molecule has 0 aliphatic heterocycles. The molecule has 0 atom stereocenters. The van der Waals surface area contributed by atoms with E-state index >= 15 is 0 Å². The first-order chi connectivity index (χ1) is 1.73. The lowest BCUT2D eigenvalue weighted by Crippen LogP contribution is -1.83. The lowest BCUT2D eigenvalue weighted by molar-refractivity contribution is -0.312. The zero-order valence-electron chi connectivity index (χ0n) is 1.76. The third-order valence-corrected chi connectivity index (χ3v) is 0. The maximum absolute atomic E-state index is 8.72. The van der Waals surface area contributed by atoms with E-state index in [4.69, 9.17) is 10.1 Å². The molecule has 0 spiro atoms. The lowest BCUT2D eigenvalue weighted by atomic mass is 13.4. The van der Waals surface area contributed by atoms with Gasteiger partial charge in [-0.15, -0.1) is 10.4 Å². The van der Waals surface area contributed by atoms with Crippen molar-refractivity contribution in [3.05, 3.63) is 10.1 Å². The van der Waals surface area contributed by atoms with E-state index in [1.807, 2.05) is 10.4 Å². The Kier molecular flexibility index (Phi) is 0.903. The zero-order valence-corrected chi connectivity index (χ0v) is 2.76. The van der Waals surface area contributed by atoms with E-state index in [2.05, 4.69) is 0 Å². The molecule has 0 heterocycles. The second kappa shape index (κ2) is 0.999. The monoisotopic (exact) mass is 74.0 g/mol. The molecule has 0 saturated heterocycles. The van der Waals surface area contributed by atoms with Crippen molar-refractivity contribution in [2.24, 2.45) is 0 Å². The van der Waals surface area contributed by atoms with Gasteiger partial charge in [-0.25, -0.2) is 4.59 Å². The predicted molar refractivity (Wildman–Crippen MR) is 12.7 cm³/mol. The molecular weight excluding hydrogens is 74.1 g/mol. The molecule has 0 aromatic heterocycles. The van der Waals surface area contributed by atoms with Crippen LogP contribution in [0.4, 0.5) is 0 Å². The minimum absolute atomic E-state index is 0.694. The van der Waals surface area contributed by atoms with Crippen LogP contribution in [0.5, 0.6) is 0 Å². The van der Waals surface area contributed by atoms with Gasteiger partial charge in [-0.05, 0) is 0 Å². The van der Waals surface area contributed by atoms with Gasteiger partial charge in [0.25, 0.3) is 0 Å². The van der Waals surface area contributed by atoms with Gasteiger partial charge in [0, 0.05) is 0 Å². The fraction of sp³-hybridized carbons (Fsp3) is 0. The highest BCUT2D eigenvalue weighted by Crippen LogP contribution is 1.36. The highest BCUT2D eigenvalue weighted by molar-refractivity contribution is 5.95. The summed E-state index contributed by atoms with van der Waals surface area (Å²) < 4.78 is -0.694. The Bertz CT molecular complexity index is 29.0. The smallest absolute Gasteiger partial charge is 0.110 e. The molecule has 0 bridgehead atoms. The molecule has 0 saturated carbocycles. The summed E-state index contributed by atoms with van der Waals surface area (Å²) in [6.07, 6.45) is 0. The maximum Gasteiger partial charge on any atom is -0.110 e. The van der Waals surface area contributed by atoms with Gasteiger partial charge in [-0.2, -0.15) is 0 Å². The van der Waals surface area contributed by atoms with Gasteiger partial charge in [-0.3, -0.25) is 0 Å². The van der Waals surface area contributed by atoms with Crippen molar-refractivity contribution >= 4 is 10.4 Å². The Labute approximate surface area is 26.3 Å². The molecule has 3 nitrogen and oxygen atoms in total. The molecule has 0 rings (SSSR count). The van der Waals surface area contributed by atoms with Crippen molar-refractivity contribution in [2.45, 2.75) is 0 Å². The number of nitro groups is 1. The second-order valence-electron chi connectivity index (χ2n) is 0.257. The molecule has 0 unspecified atom stereocenters. The van der Waals surface area contributed by atoms with Crippen LogP contribution in [-0.4, -0.2) is 15.0 Å². The summed E-state index contributed by atoms with van der Waals surface area (Å²) in [5.74, 6) is 0. The molecule has 2 radical (unpaired) electrons.